The van der Waals surface area contributed by atoms with Crippen LogP contribution in [0.5, 0.6) is 0 Å². The molecule has 0 unspecified atom stereocenters. The molecule has 22 nitrogen and oxygen atoms in total. The van der Waals surface area contributed by atoms with Crippen molar-refractivity contribution < 1.29 is 96.6 Å². The lowest BCUT2D eigenvalue weighted by atomic mass is 9.74. The van der Waals surface area contributed by atoms with Crippen LogP contribution < -0.4 is 16.0 Å². The standard InChI is InChI=1S/C71H97F10N11O11/c1-13-40(5)57-65(101)87(10)42(7)61(97)91-30-27-50(91)64(100)90(14-2)52(35-43-21-24-46(25-22-43)70(76,77)78)63(99)85(8)37-54(93)82-49(26-23-44-33-47(72)56(48(73)34-44)71(79,80)81)62(98)92-38-69(74,75)36-53(92)60(96)84-68(28-18-29-68)67(103)89(12)58(45-19-16-15-17-20-45)66(102)86(9)41(6)32-55(94)88(11)51(31-39(3)4)59(95)83-57/h21-22,24-25,33-34,39-42,45,49-53,57-58H,13-20,23,26-32,35-38H2,1-12H3,(H,82,93)(H,83,95)(H,84,96)/t40-,41+,42-,49-,50-,51-,52-,53-,57-,58-/m0/s1. The van der Waals surface area contributed by atoms with Gasteiger partial charge in [0.05, 0.1) is 18.7 Å². The van der Waals surface area contributed by atoms with E-state index in [-0.39, 0.29) is 56.7 Å². The van der Waals surface area contributed by atoms with Crippen molar-refractivity contribution in [3.63, 3.8) is 0 Å². The summed E-state index contributed by atoms with van der Waals surface area (Å²) >= 11 is 0. The molecule has 5 fully saturated rings. The van der Waals surface area contributed by atoms with Gasteiger partial charge in [-0.2, -0.15) is 26.3 Å². The summed E-state index contributed by atoms with van der Waals surface area (Å²) in [4.78, 5) is 172. The molecule has 2 aliphatic carbocycles. The number of nitrogens with zero attached hydrogens (tertiary/aromatic N) is 8. The van der Waals surface area contributed by atoms with Gasteiger partial charge in [-0.25, -0.2) is 17.6 Å². The van der Waals surface area contributed by atoms with E-state index in [9.17, 15) is 59.9 Å². The summed E-state index contributed by atoms with van der Waals surface area (Å²) in [5.74, 6) is -19.1. The second-order valence-corrected chi connectivity index (χ2v) is 29.0. The molecule has 3 heterocycles. The number of nitrogens with one attached hydrogen (secondary N) is 3. The molecule has 2 aromatic rings. The molecule has 3 N–H and O–H groups in total. The van der Waals surface area contributed by atoms with Crippen LogP contribution in [-0.4, -0.2) is 231 Å². The minimum absolute atomic E-state index is 0.00918. The Morgan fingerprint density at radius 3 is 1.77 bits per heavy atom. The molecular formula is C71H97F10N11O11. The highest BCUT2D eigenvalue weighted by atomic mass is 19.4. The number of fused-ring (bicyclic) bond motifs is 2. The summed E-state index contributed by atoms with van der Waals surface area (Å²) < 4.78 is 145. The minimum Gasteiger partial charge on any atom is -0.343 e. The molecule has 2 saturated carbocycles. The van der Waals surface area contributed by atoms with Gasteiger partial charge < -0.3 is 55.1 Å². The van der Waals surface area contributed by atoms with Gasteiger partial charge in [0.25, 0.3) is 5.92 Å². The fourth-order valence-electron chi connectivity index (χ4n) is 14.5. The third-order valence-electron chi connectivity index (χ3n) is 21.4. The van der Waals surface area contributed by atoms with E-state index in [0.717, 1.165) is 52.4 Å². The van der Waals surface area contributed by atoms with Gasteiger partial charge in [-0.1, -0.05) is 65.5 Å². The maximum absolute atomic E-state index is 16.0. The predicted octanol–water partition coefficient (Wildman–Crippen LogP) is 7.12. The van der Waals surface area contributed by atoms with Crippen LogP contribution in [0.3, 0.4) is 0 Å². The fourth-order valence-corrected chi connectivity index (χ4v) is 14.5. The molecule has 0 radical (unpaired) electrons. The first-order valence-electron chi connectivity index (χ1n) is 35.2. The minimum atomic E-state index is -5.50. The monoisotopic (exact) mass is 1470 g/mol. The molecule has 0 bridgehead atoms. The zero-order valence-corrected chi connectivity index (χ0v) is 60.4. The van der Waals surface area contributed by atoms with Crippen molar-refractivity contribution in [2.24, 2.45) is 17.8 Å². The number of likely N-dealkylation sites (N-methyl/N-ethyl adjacent to an activating group) is 6. The van der Waals surface area contributed by atoms with Crippen molar-refractivity contribution in [2.45, 2.75) is 229 Å². The largest absolute Gasteiger partial charge is 0.422 e. The molecule has 5 aliphatic rings. The van der Waals surface area contributed by atoms with E-state index in [4.69, 9.17) is 0 Å². The number of halogens is 10. The zero-order valence-electron chi connectivity index (χ0n) is 60.4. The normalized spacial score (nSPS) is 27.0. The average Bonchev–Trinajstić information content (AvgIpc) is 1.71. The summed E-state index contributed by atoms with van der Waals surface area (Å²) in [6.45, 7) is 8.70. The van der Waals surface area contributed by atoms with Crippen molar-refractivity contribution in [1.29, 1.82) is 0 Å². The molecule has 0 aromatic heterocycles. The molecule has 572 valence electrons. The number of amides is 11. The smallest absolute Gasteiger partial charge is 0.343 e. The van der Waals surface area contributed by atoms with Gasteiger partial charge in [-0.3, -0.25) is 52.7 Å². The van der Waals surface area contributed by atoms with E-state index < -0.39 is 222 Å². The van der Waals surface area contributed by atoms with E-state index >= 15 is 36.7 Å². The second-order valence-electron chi connectivity index (χ2n) is 29.0. The Balaban J connectivity index is 1.31. The number of rotatable bonds is 11. The Hall–Kier alpha value is -8.09. The Bertz CT molecular complexity index is 3460. The maximum Gasteiger partial charge on any atom is 0.422 e. The van der Waals surface area contributed by atoms with Crippen LogP contribution in [0.1, 0.15) is 161 Å². The van der Waals surface area contributed by atoms with Crippen LogP contribution in [0.4, 0.5) is 43.9 Å². The van der Waals surface area contributed by atoms with Crippen LogP contribution in [0, 0.1) is 29.4 Å². The van der Waals surface area contributed by atoms with E-state index in [1.807, 2.05) is 13.8 Å². The lowest BCUT2D eigenvalue weighted by molar-refractivity contribution is -0.160. The number of benzene rings is 2. The predicted molar refractivity (Wildman–Crippen MR) is 355 cm³/mol. The van der Waals surface area contributed by atoms with Gasteiger partial charge in [-0.05, 0) is 132 Å². The topological polar surface area (TPSA) is 250 Å². The van der Waals surface area contributed by atoms with E-state index in [0.29, 0.717) is 55.6 Å². The van der Waals surface area contributed by atoms with Crippen molar-refractivity contribution in [3.8, 4) is 0 Å². The summed E-state index contributed by atoms with van der Waals surface area (Å²) in [6.07, 6.45) is -10.3. The summed E-state index contributed by atoms with van der Waals surface area (Å²) in [7, 11) is 6.64. The SMILES string of the molecule is CC[C@H](C)[C@@H]1NC(=O)[C@H](CC(C)C)N(C)C(=O)C[C@@H](C)N(C)C(=O)[C@H](C2CCCCC2)N(C)C(=O)C2(CCC2)NC(=O)[C@@H]2CC(F)(F)CN2C(=O)[C@H](CCc2cc(F)c(C(F)(F)F)c(F)c2)NC(=O)CN(C)C(=O)[C@H](Cc2ccc(C(F)(F)F)cc2)N(CC)C(=O)[C@@H]2CCN2C(=O)[C@H](C)N(C)C1=O. The van der Waals surface area contributed by atoms with Crippen molar-refractivity contribution in [3.05, 3.63) is 70.3 Å². The van der Waals surface area contributed by atoms with Crippen molar-refractivity contribution in [2.75, 3.05) is 61.4 Å². The van der Waals surface area contributed by atoms with Gasteiger partial charge in [0.2, 0.25) is 65.0 Å². The fraction of sp³-hybridized carbons (Fsp3) is 0.676. The molecule has 2 aromatic carbocycles. The first kappa shape index (κ1) is 82.2. The van der Waals surface area contributed by atoms with Gasteiger partial charge >= 0.3 is 12.4 Å². The van der Waals surface area contributed by atoms with Crippen LogP contribution in [0.15, 0.2) is 36.4 Å². The molecule has 103 heavy (non-hydrogen) atoms. The van der Waals surface area contributed by atoms with Crippen molar-refractivity contribution in [1.82, 2.24) is 55.1 Å². The van der Waals surface area contributed by atoms with Gasteiger partial charge in [0.1, 0.15) is 71.1 Å². The first-order valence-corrected chi connectivity index (χ1v) is 35.2. The Morgan fingerprint density at radius 1 is 0.631 bits per heavy atom. The summed E-state index contributed by atoms with van der Waals surface area (Å²) in [5.41, 5.74) is -5.60. The van der Waals surface area contributed by atoms with Gasteiger partial charge in [0.15, 0.2) is 0 Å². The van der Waals surface area contributed by atoms with Crippen LogP contribution in [0.25, 0.3) is 0 Å². The maximum atomic E-state index is 16.0. The molecule has 3 saturated heterocycles. The van der Waals surface area contributed by atoms with Gasteiger partial charge in [0, 0.05) is 73.6 Å². The molecule has 11 amide bonds. The molecular weight excluding hydrogens is 1370 g/mol. The highest BCUT2D eigenvalue weighted by molar-refractivity contribution is 6.00. The quantitative estimate of drug-likeness (QED) is 0.191. The van der Waals surface area contributed by atoms with Crippen molar-refractivity contribution >= 4 is 65.0 Å². The summed E-state index contributed by atoms with van der Waals surface area (Å²) in [5, 5.41) is 7.81. The molecule has 3 aliphatic heterocycles. The molecule has 10 atom stereocenters. The average molecular weight is 1470 g/mol. The highest BCUT2D eigenvalue weighted by Gasteiger charge is 2.56. The van der Waals surface area contributed by atoms with E-state index in [1.54, 1.807) is 20.8 Å². The Labute approximate surface area is 593 Å². The second kappa shape index (κ2) is 33.3. The third kappa shape index (κ3) is 18.9. The van der Waals surface area contributed by atoms with Crippen LogP contribution in [0.2, 0.25) is 0 Å². The highest BCUT2D eigenvalue weighted by Crippen LogP contribution is 2.41. The van der Waals surface area contributed by atoms with Crippen LogP contribution in [-0.2, 0) is 77.9 Å². The number of hydrogen-bond donors (Lipinski definition) is 3. The number of hydrogen-bond acceptors (Lipinski definition) is 11. The zero-order chi connectivity index (χ0) is 76.9. The van der Waals surface area contributed by atoms with E-state index in [1.165, 1.54) is 61.6 Å². The Morgan fingerprint density at radius 2 is 1.24 bits per heavy atom. The number of alkyl halides is 8. The summed E-state index contributed by atoms with van der Waals surface area (Å²) in [6, 6.07) is -8.88. The van der Waals surface area contributed by atoms with Gasteiger partial charge in [-0.15, -0.1) is 0 Å². The molecule has 32 heteroatoms. The number of carbonyl (C=O) groups excluding carboxylic acids is 11. The molecule has 7 rings (SSSR count). The number of aryl methyl sites for hydroxylation is 1. The lowest BCUT2D eigenvalue weighted by Crippen LogP contribution is -2.68. The lowest BCUT2D eigenvalue weighted by Gasteiger charge is -2.47. The third-order valence-corrected chi connectivity index (χ3v) is 21.4. The first-order chi connectivity index (χ1) is 48.0. The number of carbonyl (C=O) groups is 11. The Kier molecular flexibility index (Phi) is 26.6. The van der Waals surface area contributed by atoms with Crippen LogP contribution >= 0.6 is 0 Å². The molecule has 1 spiro atoms. The van der Waals surface area contributed by atoms with E-state index in [2.05, 4.69) is 16.0 Å².